The van der Waals surface area contributed by atoms with E-state index in [0.717, 1.165) is 22.9 Å². The predicted molar refractivity (Wildman–Crippen MR) is 92.7 cm³/mol. The number of hydrogen-bond donors (Lipinski definition) is 2. The van der Waals surface area contributed by atoms with Crippen LogP contribution in [-0.4, -0.2) is 11.8 Å². The highest BCUT2D eigenvalue weighted by atomic mass is 19.4. The van der Waals surface area contributed by atoms with E-state index in [2.05, 4.69) is 5.32 Å². The molecule has 0 fully saturated rings. The van der Waals surface area contributed by atoms with E-state index in [4.69, 9.17) is 0 Å². The van der Waals surface area contributed by atoms with Gasteiger partial charge < -0.3 is 10.6 Å². The van der Waals surface area contributed by atoms with Gasteiger partial charge in [0.15, 0.2) is 0 Å². The minimum atomic E-state index is -4.64. The van der Waals surface area contributed by atoms with Crippen molar-refractivity contribution >= 4 is 34.0 Å². The van der Waals surface area contributed by atoms with Gasteiger partial charge in [-0.15, -0.1) is 0 Å². The smallest absolute Gasteiger partial charge is 0.318 e. The quantitative estimate of drug-likeness (QED) is 0.666. The molecule has 0 radical (unpaired) electrons. The van der Waals surface area contributed by atoms with Gasteiger partial charge in [0.05, 0.1) is 11.3 Å². The maximum Gasteiger partial charge on any atom is 0.418 e. The van der Waals surface area contributed by atoms with Gasteiger partial charge in [-0.25, -0.2) is 0 Å². The Morgan fingerprint density at radius 3 is 2.08 bits per heavy atom. The van der Waals surface area contributed by atoms with Crippen LogP contribution in [0.15, 0.2) is 66.7 Å². The fourth-order valence-corrected chi connectivity index (χ4v) is 2.47. The van der Waals surface area contributed by atoms with E-state index in [1.165, 1.54) is 12.1 Å². The zero-order valence-corrected chi connectivity index (χ0v) is 13.3. The second-order valence-electron chi connectivity index (χ2n) is 5.51. The molecule has 0 aliphatic heterocycles. The molecule has 0 aromatic heterocycles. The lowest BCUT2D eigenvalue weighted by Crippen LogP contribution is -2.30. The van der Waals surface area contributed by atoms with Gasteiger partial charge in [-0.2, -0.15) is 13.2 Å². The molecule has 2 amide bonds. The summed E-state index contributed by atoms with van der Waals surface area (Å²) < 4.78 is 38.8. The van der Waals surface area contributed by atoms with Gasteiger partial charge in [0.25, 0.3) is 0 Å². The Morgan fingerprint density at radius 2 is 1.35 bits per heavy atom. The number of halogens is 3. The molecule has 0 atom stereocenters. The molecule has 0 bridgehead atoms. The number of fused-ring (bicyclic) bond motifs is 1. The monoisotopic (exact) mass is 358 g/mol. The highest BCUT2D eigenvalue weighted by molar-refractivity contribution is 6.43. The number of nitrogens with one attached hydrogen (secondary N) is 2. The van der Waals surface area contributed by atoms with Crippen molar-refractivity contribution in [3.05, 3.63) is 72.3 Å². The van der Waals surface area contributed by atoms with Gasteiger partial charge in [0.2, 0.25) is 0 Å². The van der Waals surface area contributed by atoms with E-state index in [1.807, 2.05) is 29.6 Å². The normalized spacial score (nSPS) is 11.2. The van der Waals surface area contributed by atoms with Crippen LogP contribution in [0.4, 0.5) is 24.5 Å². The topological polar surface area (TPSA) is 58.2 Å². The van der Waals surface area contributed by atoms with Gasteiger partial charge in [0.1, 0.15) is 0 Å². The van der Waals surface area contributed by atoms with Gasteiger partial charge >= 0.3 is 18.0 Å². The number of rotatable bonds is 2. The molecule has 132 valence electrons. The van der Waals surface area contributed by atoms with Crippen LogP contribution in [0.3, 0.4) is 0 Å². The largest absolute Gasteiger partial charge is 0.418 e. The van der Waals surface area contributed by atoms with Crippen LogP contribution >= 0.6 is 0 Å². The van der Waals surface area contributed by atoms with E-state index in [0.29, 0.717) is 5.69 Å². The fraction of sp³-hybridized carbons (Fsp3) is 0.0526. The predicted octanol–water partition coefficient (Wildman–Crippen LogP) is 4.44. The first kappa shape index (κ1) is 17.5. The molecule has 0 spiro atoms. The molecule has 0 aliphatic carbocycles. The first-order valence-electron chi connectivity index (χ1n) is 7.62. The van der Waals surface area contributed by atoms with Gasteiger partial charge in [-0.05, 0) is 35.0 Å². The SMILES string of the molecule is O=C(Nc1ccc2ccccc2c1)C(=O)Nc1ccccc1C(F)(F)F. The number of benzene rings is 3. The molecule has 7 heteroatoms. The summed E-state index contributed by atoms with van der Waals surface area (Å²) in [7, 11) is 0. The third-order valence-corrected chi connectivity index (χ3v) is 3.69. The molecule has 4 nitrogen and oxygen atoms in total. The maximum atomic E-state index is 12.9. The molecule has 0 aliphatic rings. The van der Waals surface area contributed by atoms with Crippen molar-refractivity contribution in [2.24, 2.45) is 0 Å². The van der Waals surface area contributed by atoms with Crippen LogP contribution in [0.1, 0.15) is 5.56 Å². The second-order valence-corrected chi connectivity index (χ2v) is 5.51. The van der Waals surface area contributed by atoms with Crippen LogP contribution in [0.25, 0.3) is 10.8 Å². The summed E-state index contributed by atoms with van der Waals surface area (Å²) in [4.78, 5) is 24.0. The second kappa shape index (κ2) is 6.87. The van der Waals surface area contributed by atoms with Crippen molar-refractivity contribution in [3.8, 4) is 0 Å². The molecular formula is C19H13F3N2O2. The highest BCUT2D eigenvalue weighted by Gasteiger charge is 2.34. The Kier molecular flexibility index (Phi) is 4.62. The van der Waals surface area contributed by atoms with Crippen LogP contribution in [0.2, 0.25) is 0 Å². The number of amides is 2. The lowest BCUT2D eigenvalue weighted by molar-refractivity contribution is -0.137. The maximum absolute atomic E-state index is 12.9. The Morgan fingerprint density at radius 1 is 0.731 bits per heavy atom. The van der Waals surface area contributed by atoms with E-state index in [-0.39, 0.29) is 0 Å². The summed E-state index contributed by atoms with van der Waals surface area (Å²) in [6, 6.07) is 16.9. The van der Waals surface area contributed by atoms with Crippen LogP contribution in [0.5, 0.6) is 0 Å². The number of para-hydroxylation sites is 1. The Balaban J connectivity index is 1.75. The van der Waals surface area contributed by atoms with E-state index >= 15 is 0 Å². The van der Waals surface area contributed by atoms with E-state index in [9.17, 15) is 22.8 Å². The van der Waals surface area contributed by atoms with Crippen LogP contribution in [0, 0.1) is 0 Å². The summed E-state index contributed by atoms with van der Waals surface area (Å²) in [6.45, 7) is 0. The number of anilines is 2. The molecule has 0 saturated heterocycles. The van der Waals surface area contributed by atoms with Crippen molar-refractivity contribution in [1.82, 2.24) is 0 Å². The molecule has 0 heterocycles. The minimum absolute atomic E-state index is 0.368. The Hall–Kier alpha value is -3.35. The van der Waals surface area contributed by atoms with Crippen molar-refractivity contribution < 1.29 is 22.8 Å². The number of carbonyl (C=O) groups excluding carboxylic acids is 2. The summed E-state index contributed by atoms with van der Waals surface area (Å²) >= 11 is 0. The number of carbonyl (C=O) groups is 2. The van der Waals surface area contributed by atoms with Crippen LogP contribution in [-0.2, 0) is 15.8 Å². The van der Waals surface area contributed by atoms with Crippen molar-refractivity contribution in [1.29, 1.82) is 0 Å². The average Bonchev–Trinajstić information content (AvgIpc) is 2.61. The standard InChI is InChI=1S/C19H13F3N2O2/c20-19(21,22)15-7-3-4-8-16(15)24-18(26)17(25)23-14-10-9-12-5-1-2-6-13(12)11-14/h1-11H,(H,23,25)(H,24,26). The summed E-state index contributed by atoms with van der Waals surface area (Å²) in [6.07, 6.45) is -4.64. The summed E-state index contributed by atoms with van der Waals surface area (Å²) in [5.41, 5.74) is -1.13. The zero-order chi connectivity index (χ0) is 18.7. The van der Waals surface area contributed by atoms with Crippen LogP contribution < -0.4 is 10.6 Å². The van der Waals surface area contributed by atoms with Crippen molar-refractivity contribution in [3.63, 3.8) is 0 Å². The van der Waals surface area contributed by atoms with Crippen molar-refractivity contribution in [2.75, 3.05) is 10.6 Å². The first-order valence-corrected chi connectivity index (χ1v) is 7.62. The van der Waals surface area contributed by atoms with Crippen molar-refractivity contribution in [2.45, 2.75) is 6.18 Å². The van der Waals surface area contributed by atoms with E-state index < -0.39 is 29.2 Å². The lowest BCUT2D eigenvalue weighted by atomic mass is 10.1. The van der Waals surface area contributed by atoms with Gasteiger partial charge in [-0.3, -0.25) is 9.59 Å². The third kappa shape index (κ3) is 3.83. The van der Waals surface area contributed by atoms with E-state index in [1.54, 1.807) is 18.2 Å². The Bertz CT molecular complexity index is 984. The molecule has 3 aromatic carbocycles. The zero-order valence-electron chi connectivity index (χ0n) is 13.3. The first-order chi connectivity index (χ1) is 12.3. The minimum Gasteiger partial charge on any atom is -0.318 e. The molecular weight excluding hydrogens is 345 g/mol. The lowest BCUT2D eigenvalue weighted by Gasteiger charge is -2.13. The molecule has 0 unspecified atom stereocenters. The third-order valence-electron chi connectivity index (χ3n) is 3.69. The molecule has 0 saturated carbocycles. The average molecular weight is 358 g/mol. The van der Waals surface area contributed by atoms with Gasteiger partial charge in [0, 0.05) is 5.69 Å². The highest BCUT2D eigenvalue weighted by Crippen LogP contribution is 2.34. The molecule has 26 heavy (non-hydrogen) atoms. The van der Waals surface area contributed by atoms with Gasteiger partial charge in [-0.1, -0.05) is 42.5 Å². The molecule has 2 N–H and O–H groups in total. The number of alkyl halides is 3. The molecule has 3 rings (SSSR count). The summed E-state index contributed by atoms with van der Waals surface area (Å²) in [5.74, 6) is -2.24. The summed E-state index contributed by atoms with van der Waals surface area (Å²) in [5, 5.41) is 6.19. The fourth-order valence-electron chi connectivity index (χ4n) is 2.47. The molecule has 3 aromatic rings. The Labute approximate surface area is 146 Å². The number of hydrogen-bond acceptors (Lipinski definition) is 2.